The Bertz CT molecular complexity index is 438. The van der Waals surface area contributed by atoms with Crippen molar-refractivity contribution in [1.29, 1.82) is 0 Å². The van der Waals surface area contributed by atoms with E-state index < -0.39 is 17.5 Å². The van der Waals surface area contributed by atoms with E-state index in [0.717, 1.165) is 0 Å². The van der Waals surface area contributed by atoms with Crippen molar-refractivity contribution in [3.63, 3.8) is 0 Å². The summed E-state index contributed by atoms with van der Waals surface area (Å²) in [6.45, 7) is 12.5. The Morgan fingerprint density at radius 1 is 1.35 bits per heavy atom. The minimum atomic E-state index is -0.744. The highest BCUT2D eigenvalue weighted by atomic mass is 16.6. The van der Waals surface area contributed by atoms with Gasteiger partial charge < -0.3 is 14.8 Å². The van der Waals surface area contributed by atoms with Gasteiger partial charge in [0.25, 0.3) is 0 Å². The van der Waals surface area contributed by atoms with E-state index in [2.05, 4.69) is 19.2 Å². The van der Waals surface area contributed by atoms with Crippen molar-refractivity contribution >= 4 is 11.9 Å². The molecule has 3 unspecified atom stereocenters. The van der Waals surface area contributed by atoms with Crippen molar-refractivity contribution in [3.05, 3.63) is 0 Å². The van der Waals surface area contributed by atoms with E-state index in [-0.39, 0.29) is 23.0 Å². The largest absolute Gasteiger partial charge is 0.463 e. The molecule has 5 nitrogen and oxygen atoms in total. The third kappa shape index (κ3) is 2.32. The number of carbonyl (C=O) groups is 2. The molecule has 0 saturated carbocycles. The summed E-state index contributed by atoms with van der Waals surface area (Å²) in [5.41, 5.74) is -1.06. The Balaban J connectivity index is 2.20. The lowest BCUT2D eigenvalue weighted by Crippen LogP contribution is -2.49. The van der Waals surface area contributed by atoms with Crippen LogP contribution >= 0.6 is 0 Å². The first kappa shape index (κ1) is 15.3. The first-order chi connectivity index (χ1) is 9.00. The van der Waals surface area contributed by atoms with Gasteiger partial charge >= 0.3 is 11.9 Å². The van der Waals surface area contributed by atoms with Crippen molar-refractivity contribution in [3.8, 4) is 0 Å². The molecular formula is C15H25NO4. The van der Waals surface area contributed by atoms with Gasteiger partial charge in [0.05, 0.1) is 12.0 Å². The highest BCUT2D eigenvalue weighted by Crippen LogP contribution is 2.51. The second-order valence-electron chi connectivity index (χ2n) is 7.60. The predicted molar refractivity (Wildman–Crippen MR) is 74.0 cm³/mol. The van der Waals surface area contributed by atoms with Gasteiger partial charge in [-0.15, -0.1) is 0 Å². The maximum Gasteiger partial charge on any atom is 0.347 e. The second kappa shape index (κ2) is 4.45. The van der Waals surface area contributed by atoms with Crippen LogP contribution in [0, 0.1) is 10.8 Å². The summed E-state index contributed by atoms with van der Waals surface area (Å²) in [7, 11) is 0. The van der Waals surface area contributed by atoms with Crippen LogP contribution in [0.2, 0.25) is 0 Å². The van der Waals surface area contributed by atoms with Crippen LogP contribution in [0.25, 0.3) is 0 Å². The number of esters is 2. The standard InChI is InChI=1S/C15H25NO4/c1-13(2,3)15(6,11-14(4,5)16-11)12(18)20-9-7-8-19-10(9)17/h9,11,16H,7-8H2,1-6H3. The molecule has 2 fully saturated rings. The molecule has 0 aromatic heterocycles. The van der Waals surface area contributed by atoms with Gasteiger partial charge in [-0.3, -0.25) is 4.79 Å². The van der Waals surface area contributed by atoms with Crippen LogP contribution in [0.3, 0.4) is 0 Å². The fourth-order valence-electron chi connectivity index (χ4n) is 2.89. The van der Waals surface area contributed by atoms with E-state index in [0.29, 0.717) is 13.0 Å². The molecule has 20 heavy (non-hydrogen) atoms. The van der Waals surface area contributed by atoms with Gasteiger partial charge in [-0.25, -0.2) is 4.79 Å². The normalized spacial score (nSPS) is 31.4. The molecule has 0 amide bonds. The maximum absolute atomic E-state index is 12.7. The number of cyclic esters (lactones) is 1. The van der Waals surface area contributed by atoms with Crippen LogP contribution in [0.1, 0.15) is 48.0 Å². The fourth-order valence-corrected chi connectivity index (χ4v) is 2.89. The fraction of sp³-hybridized carbons (Fsp3) is 0.867. The van der Waals surface area contributed by atoms with Gasteiger partial charge in [-0.2, -0.15) is 0 Å². The molecule has 5 heteroatoms. The molecule has 2 aliphatic rings. The Morgan fingerprint density at radius 3 is 2.25 bits per heavy atom. The maximum atomic E-state index is 12.7. The van der Waals surface area contributed by atoms with Crippen LogP contribution in [0.4, 0.5) is 0 Å². The molecule has 2 saturated heterocycles. The second-order valence-corrected chi connectivity index (χ2v) is 7.60. The lowest BCUT2D eigenvalue weighted by Gasteiger charge is -2.40. The summed E-state index contributed by atoms with van der Waals surface area (Å²) in [6.07, 6.45) is -0.294. The SMILES string of the molecule is CC1(C)NC1C(C)(C(=O)OC1CCOC1=O)C(C)(C)C. The minimum Gasteiger partial charge on any atom is -0.463 e. The number of nitrogens with one attached hydrogen (secondary N) is 1. The average Bonchev–Trinajstić information content (AvgIpc) is 2.75. The Kier molecular flexibility index (Phi) is 3.40. The summed E-state index contributed by atoms with van der Waals surface area (Å²) >= 11 is 0. The summed E-state index contributed by atoms with van der Waals surface area (Å²) in [4.78, 5) is 24.2. The van der Waals surface area contributed by atoms with Crippen molar-refractivity contribution in [1.82, 2.24) is 5.32 Å². The van der Waals surface area contributed by atoms with Crippen LogP contribution in [0.15, 0.2) is 0 Å². The van der Waals surface area contributed by atoms with Gasteiger partial charge in [-0.05, 0) is 26.2 Å². The summed E-state index contributed by atoms with van der Waals surface area (Å²) in [5, 5.41) is 3.36. The van der Waals surface area contributed by atoms with Crippen molar-refractivity contribution in [2.24, 2.45) is 10.8 Å². The van der Waals surface area contributed by atoms with Gasteiger partial charge in [0, 0.05) is 18.0 Å². The van der Waals surface area contributed by atoms with E-state index in [1.54, 1.807) is 0 Å². The van der Waals surface area contributed by atoms with E-state index in [1.165, 1.54) is 0 Å². The zero-order valence-corrected chi connectivity index (χ0v) is 13.2. The molecular weight excluding hydrogens is 258 g/mol. The highest BCUT2D eigenvalue weighted by molar-refractivity contribution is 5.84. The third-order valence-corrected chi connectivity index (χ3v) is 4.85. The molecule has 2 heterocycles. The molecule has 114 valence electrons. The number of rotatable bonds is 3. The molecule has 0 aromatic rings. The average molecular weight is 283 g/mol. The quantitative estimate of drug-likeness (QED) is 0.629. The molecule has 0 radical (unpaired) electrons. The van der Waals surface area contributed by atoms with Gasteiger partial charge in [-0.1, -0.05) is 20.8 Å². The van der Waals surface area contributed by atoms with Crippen LogP contribution in [-0.4, -0.2) is 36.2 Å². The number of ether oxygens (including phenoxy) is 2. The van der Waals surface area contributed by atoms with Crippen LogP contribution in [-0.2, 0) is 19.1 Å². The predicted octanol–water partition coefficient (Wildman–Crippen LogP) is 1.65. The molecule has 2 aliphatic heterocycles. The van der Waals surface area contributed by atoms with Crippen molar-refractivity contribution in [2.45, 2.75) is 65.6 Å². The van der Waals surface area contributed by atoms with Gasteiger partial charge in [0.15, 0.2) is 0 Å². The summed E-state index contributed by atoms with van der Waals surface area (Å²) < 4.78 is 10.3. The lowest BCUT2D eigenvalue weighted by atomic mass is 9.63. The Morgan fingerprint density at radius 2 is 1.90 bits per heavy atom. The third-order valence-electron chi connectivity index (χ3n) is 4.85. The molecule has 3 atom stereocenters. The Hall–Kier alpha value is -1.10. The number of hydrogen-bond acceptors (Lipinski definition) is 5. The lowest BCUT2D eigenvalue weighted by molar-refractivity contribution is -0.173. The van der Waals surface area contributed by atoms with E-state index in [1.807, 2.05) is 27.7 Å². The molecule has 0 bridgehead atoms. The molecule has 0 aromatic carbocycles. The minimum absolute atomic E-state index is 0.0416. The summed E-state index contributed by atoms with van der Waals surface area (Å²) in [6, 6.07) is 0.0416. The zero-order chi connectivity index (χ0) is 15.3. The summed E-state index contributed by atoms with van der Waals surface area (Å²) in [5.74, 6) is -0.755. The number of carbonyl (C=O) groups excluding carboxylic acids is 2. The number of hydrogen-bond donors (Lipinski definition) is 1. The highest BCUT2D eigenvalue weighted by Gasteiger charge is 2.64. The van der Waals surface area contributed by atoms with E-state index >= 15 is 0 Å². The molecule has 1 N–H and O–H groups in total. The van der Waals surface area contributed by atoms with Crippen molar-refractivity contribution in [2.75, 3.05) is 6.61 Å². The molecule has 0 aliphatic carbocycles. The first-order valence-electron chi connectivity index (χ1n) is 7.15. The topological polar surface area (TPSA) is 74.5 Å². The van der Waals surface area contributed by atoms with Gasteiger partial charge in [0.1, 0.15) is 0 Å². The van der Waals surface area contributed by atoms with Crippen LogP contribution < -0.4 is 5.32 Å². The smallest absolute Gasteiger partial charge is 0.347 e. The molecule has 0 spiro atoms. The van der Waals surface area contributed by atoms with E-state index in [9.17, 15) is 9.59 Å². The van der Waals surface area contributed by atoms with Gasteiger partial charge in [0.2, 0.25) is 6.10 Å². The monoisotopic (exact) mass is 283 g/mol. The zero-order valence-electron chi connectivity index (χ0n) is 13.2. The Labute approximate surface area is 120 Å². The van der Waals surface area contributed by atoms with Crippen LogP contribution in [0.5, 0.6) is 0 Å². The first-order valence-corrected chi connectivity index (χ1v) is 7.15. The van der Waals surface area contributed by atoms with E-state index in [4.69, 9.17) is 9.47 Å². The van der Waals surface area contributed by atoms with Crippen molar-refractivity contribution < 1.29 is 19.1 Å². The molecule has 2 rings (SSSR count).